The van der Waals surface area contributed by atoms with E-state index in [1.165, 1.54) is 6.42 Å². The van der Waals surface area contributed by atoms with E-state index in [1.54, 1.807) is 13.4 Å². The Morgan fingerprint density at radius 1 is 1.41 bits per heavy atom. The summed E-state index contributed by atoms with van der Waals surface area (Å²) < 4.78 is 5.57. The molecule has 0 unspecified atom stereocenters. The lowest BCUT2D eigenvalue weighted by Gasteiger charge is -2.40. The van der Waals surface area contributed by atoms with Crippen molar-refractivity contribution < 1.29 is 4.74 Å². The van der Waals surface area contributed by atoms with E-state index < -0.39 is 0 Å². The monoisotopic (exact) mass is 235 g/mol. The van der Waals surface area contributed by atoms with Gasteiger partial charge in [0.05, 0.1) is 5.60 Å². The summed E-state index contributed by atoms with van der Waals surface area (Å²) in [5.41, 5.74) is 1.14. The van der Waals surface area contributed by atoms with Crippen molar-refractivity contribution in [2.45, 2.75) is 44.6 Å². The third-order valence-electron chi connectivity index (χ3n) is 3.52. The number of anilines is 1. The molecule has 1 aromatic rings. The molecule has 94 valence electrons. The minimum absolute atomic E-state index is 0.0376. The molecule has 0 aliphatic heterocycles. The molecule has 17 heavy (non-hydrogen) atoms. The van der Waals surface area contributed by atoms with Crippen molar-refractivity contribution >= 4 is 5.82 Å². The van der Waals surface area contributed by atoms with Crippen LogP contribution in [0.1, 0.15) is 38.3 Å². The predicted molar refractivity (Wildman–Crippen MR) is 68.1 cm³/mol. The summed E-state index contributed by atoms with van der Waals surface area (Å²) in [5.74, 6) is 0.909. The van der Waals surface area contributed by atoms with Gasteiger partial charge in [-0.25, -0.2) is 9.97 Å². The molecule has 0 bridgehead atoms. The van der Waals surface area contributed by atoms with Gasteiger partial charge in [0.25, 0.3) is 0 Å². The molecule has 0 saturated heterocycles. The van der Waals surface area contributed by atoms with Crippen LogP contribution in [-0.2, 0) is 11.2 Å². The molecular weight excluding hydrogens is 214 g/mol. The number of ether oxygens (including phenoxy) is 1. The Morgan fingerprint density at radius 3 is 2.82 bits per heavy atom. The van der Waals surface area contributed by atoms with Crippen LogP contribution < -0.4 is 5.32 Å². The molecule has 1 aliphatic rings. The first-order chi connectivity index (χ1) is 8.28. The first-order valence-corrected chi connectivity index (χ1v) is 6.38. The summed E-state index contributed by atoms with van der Waals surface area (Å²) in [6, 6.07) is 2.03. The second kappa shape index (κ2) is 5.45. The van der Waals surface area contributed by atoms with Gasteiger partial charge in [0.2, 0.25) is 0 Å². The summed E-state index contributed by atoms with van der Waals surface area (Å²) >= 11 is 0. The molecule has 0 radical (unpaired) electrons. The maximum atomic E-state index is 5.57. The highest BCUT2D eigenvalue weighted by Crippen LogP contribution is 2.34. The number of hydrogen-bond acceptors (Lipinski definition) is 4. The van der Waals surface area contributed by atoms with Gasteiger partial charge in [0, 0.05) is 25.4 Å². The molecule has 0 atom stereocenters. The molecule has 0 amide bonds. The van der Waals surface area contributed by atoms with Crippen LogP contribution in [0.25, 0.3) is 0 Å². The van der Waals surface area contributed by atoms with Crippen molar-refractivity contribution in [3.8, 4) is 0 Å². The molecule has 1 aromatic heterocycles. The maximum Gasteiger partial charge on any atom is 0.129 e. The number of aromatic nitrogens is 2. The molecule has 1 heterocycles. The van der Waals surface area contributed by atoms with Gasteiger partial charge in [-0.3, -0.25) is 0 Å². The number of aryl methyl sites for hydroxylation is 1. The van der Waals surface area contributed by atoms with Gasteiger partial charge in [-0.05, 0) is 25.7 Å². The number of hydrogen-bond donors (Lipinski definition) is 1. The van der Waals surface area contributed by atoms with E-state index in [2.05, 4.69) is 22.2 Å². The zero-order valence-electron chi connectivity index (χ0n) is 10.7. The third kappa shape index (κ3) is 2.94. The van der Waals surface area contributed by atoms with Gasteiger partial charge in [0.1, 0.15) is 12.1 Å². The second-order valence-electron chi connectivity index (χ2n) is 4.74. The van der Waals surface area contributed by atoms with Gasteiger partial charge in [-0.15, -0.1) is 0 Å². The summed E-state index contributed by atoms with van der Waals surface area (Å²) in [6.45, 7) is 3.00. The Hall–Kier alpha value is -1.16. The molecule has 4 nitrogen and oxygen atoms in total. The van der Waals surface area contributed by atoms with Crippen LogP contribution in [-0.4, -0.2) is 29.2 Å². The lowest BCUT2D eigenvalue weighted by Crippen LogP contribution is -2.45. The standard InChI is InChI=1S/C13H21N3O/c1-3-5-11-8-12(16-10-15-11)14-9-13(17-2)6-4-7-13/h8,10H,3-7,9H2,1-2H3,(H,14,15,16). The fraction of sp³-hybridized carbons (Fsp3) is 0.692. The minimum Gasteiger partial charge on any atom is -0.376 e. The SMILES string of the molecule is CCCc1cc(NCC2(OC)CCC2)ncn1. The Balaban J connectivity index is 1.92. The largest absolute Gasteiger partial charge is 0.376 e. The van der Waals surface area contributed by atoms with Crippen LogP contribution in [0.2, 0.25) is 0 Å². The predicted octanol–water partition coefficient (Wildman–Crippen LogP) is 2.41. The smallest absolute Gasteiger partial charge is 0.129 e. The lowest BCUT2D eigenvalue weighted by molar-refractivity contribution is -0.0601. The topological polar surface area (TPSA) is 47.0 Å². The Labute approximate surface area is 103 Å². The van der Waals surface area contributed by atoms with Crippen molar-refractivity contribution in [1.29, 1.82) is 0 Å². The highest BCUT2D eigenvalue weighted by atomic mass is 16.5. The summed E-state index contributed by atoms with van der Waals surface area (Å²) in [5, 5.41) is 3.36. The molecule has 1 saturated carbocycles. The average molecular weight is 235 g/mol. The summed E-state index contributed by atoms with van der Waals surface area (Å²) in [7, 11) is 1.79. The van der Waals surface area contributed by atoms with Crippen molar-refractivity contribution in [1.82, 2.24) is 9.97 Å². The molecule has 4 heteroatoms. The molecule has 1 N–H and O–H groups in total. The zero-order chi connectivity index (χ0) is 12.1. The molecular formula is C13H21N3O. The van der Waals surface area contributed by atoms with Gasteiger partial charge in [-0.2, -0.15) is 0 Å². The molecule has 1 aliphatic carbocycles. The van der Waals surface area contributed by atoms with E-state index in [0.717, 1.165) is 43.7 Å². The van der Waals surface area contributed by atoms with Gasteiger partial charge in [0.15, 0.2) is 0 Å². The summed E-state index contributed by atoms with van der Waals surface area (Å²) in [4.78, 5) is 8.49. The van der Waals surface area contributed by atoms with Crippen molar-refractivity contribution in [2.24, 2.45) is 0 Å². The van der Waals surface area contributed by atoms with Gasteiger partial charge >= 0.3 is 0 Å². The number of methoxy groups -OCH3 is 1. The van der Waals surface area contributed by atoms with Crippen LogP contribution in [0.4, 0.5) is 5.82 Å². The summed E-state index contributed by atoms with van der Waals surface area (Å²) in [6.07, 6.45) is 7.30. The second-order valence-corrected chi connectivity index (χ2v) is 4.74. The fourth-order valence-corrected chi connectivity index (χ4v) is 2.16. The van der Waals surface area contributed by atoms with Gasteiger partial charge < -0.3 is 10.1 Å². The van der Waals surface area contributed by atoms with Crippen LogP contribution >= 0.6 is 0 Å². The minimum atomic E-state index is 0.0376. The van der Waals surface area contributed by atoms with Crippen molar-refractivity contribution in [3.05, 3.63) is 18.1 Å². The van der Waals surface area contributed by atoms with Gasteiger partial charge in [-0.1, -0.05) is 13.3 Å². The number of nitrogens with one attached hydrogen (secondary N) is 1. The van der Waals surface area contributed by atoms with E-state index in [4.69, 9.17) is 4.74 Å². The Kier molecular flexibility index (Phi) is 3.94. The van der Waals surface area contributed by atoms with E-state index in [1.807, 2.05) is 6.07 Å². The first kappa shape index (κ1) is 12.3. The zero-order valence-corrected chi connectivity index (χ0v) is 10.7. The highest BCUT2D eigenvalue weighted by molar-refractivity contribution is 5.35. The quantitative estimate of drug-likeness (QED) is 0.822. The normalized spacial score (nSPS) is 17.5. The van der Waals surface area contributed by atoms with E-state index >= 15 is 0 Å². The van der Waals surface area contributed by atoms with Crippen molar-refractivity contribution in [2.75, 3.05) is 19.0 Å². The Morgan fingerprint density at radius 2 is 2.24 bits per heavy atom. The van der Waals surface area contributed by atoms with Crippen LogP contribution in [0, 0.1) is 0 Å². The molecule has 0 aromatic carbocycles. The molecule has 0 spiro atoms. The average Bonchev–Trinajstić information content (AvgIpc) is 2.29. The third-order valence-corrected chi connectivity index (χ3v) is 3.52. The Bertz CT molecular complexity index is 358. The number of nitrogens with zero attached hydrogens (tertiary/aromatic N) is 2. The fourth-order valence-electron chi connectivity index (χ4n) is 2.16. The maximum absolute atomic E-state index is 5.57. The van der Waals surface area contributed by atoms with E-state index in [0.29, 0.717) is 0 Å². The van der Waals surface area contributed by atoms with Crippen LogP contribution in [0.3, 0.4) is 0 Å². The van der Waals surface area contributed by atoms with Crippen LogP contribution in [0.5, 0.6) is 0 Å². The molecule has 1 fully saturated rings. The first-order valence-electron chi connectivity index (χ1n) is 6.38. The van der Waals surface area contributed by atoms with Crippen LogP contribution in [0.15, 0.2) is 12.4 Å². The van der Waals surface area contributed by atoms with E-state index in [-0.39, 0.29) is 5.60 Å². The van der Waals surface area contributed by atoms with E-state index in [9.17, 15) is 0 Å². The highest BCUT2D eigenvalue weighted by Gasteiger charge is 2.36. The number of rotatable bonds is 6. The molecule has 2 rings (SSSR count). The lowest BCUT2D eigenvalue weighted by atomic mass is 9.80. The van der Waals surface area contributed by atoms with Crippen molar-refractivity contribution in [3.63, 3.8) is 0 Å².